The van der Waals surface area contributed by atoms with Crippen molar-refractivity contribution in [2.24, 2.45) is 0 Å². The Bertz CT molecular complexity index is 822. The zero-order valence-corrected chi connectivity index (χ0v) is 14.1. The number of nitrogens with one attached hydrogen (secondary N) is 1. The molecular formula is C17H15ClN2O5. The van der Waals surface area contributed by atoms with E-state index in [0.29, 0.717) is 5.02 Å². The fourth-order valence-electron chi connectivity index (χ4n) is 2.15. The summed E-state index contributed by atoms with van der Waals surface area (Å²) >= 11 is 5.85. The van der Waals surface area contributed by atoms with Crippen molar-refractivity contribution in [2.45, 2.75) is 13.5 Å². The van der Waals surface area contributed by atoms with Crippen molar-refractivity contribution in [2.75, 3.05) is 6.61 Å². The molecule has 0 heterocycles. The van der Waals surface area contributed by atoms with Crippen LogP contribution in [-0.2, 0) is 16.1 Å². The van der Waals surface area contributed by atoms with Gasteiger partial charge in [-0.2, -0.15) is 0 Å². The normalized spacial score (nSPS) is 10.2. The van der Waals surface area contributed by atoms with Crippen LogP contribution in [0.5, 0.6) is 0 Å². The van der Waals surface area contributed by atoms with Gasteiger partial charge >= 0.3 is 5.97 Å². The number of hydrogen-bond acceptors (Lipinski definition) is 5. The molecule has 8 heteroatoms. The Hall–Kier alpha value is -2.93. The number of nitro groups is 1. The lowest BCUT2D eigenvalue weighted by atomic mass is 10.1. The van der Waals surface area contributed by atoms with E-state index in [1.165, 1.54) is 25.1 Å². The average Bonchev–Trinajstić information content (AvgIpc) is 2.58. The number of ether oxygens (including phenoxy) is 1. The molecule has 2 aromatic rings. The van der Waals surface area contributed by atoms with Gasteiger partial charge in [0.05, 0.1) is 10.5 Å². The minimum Gasteiger partial charge on any atom is -0.452 e. The number of hydrogen-bond donors (Lipinski definition) is 1. The van der Waals surface area contributed by atoms with E-state index in [9.17, 15) is 19.7 Å². The minimum atomic E-state index is -0.792. The Kier molecular flexibility index (Phi) is 6.08. The first-order valence-corrected chi connectivity index (χ1v) is 7.68. The van der Waals surface area contributed by atoms with Crippen LogP contribution in [-0.4, -0.2) is 23.4 Å². The van der Waals surface area contributed by atoms with Gasteiger partial charge in [-0.1, -0.05) is 29.8 Å². The topological polar surface area (TPSA) is 98.5 Å². The molecular weight excluding hydrogens is 348 g/mol. The predicted molar refractivity (Wildman–Crippen MR) is 91.4 cm³/mol. The number of benzene rings is 2. The zero-order valence-electron chi connectivity index (χ0n) is 13.3. The fourth-order valence-corrected chi connectivity index (χ4v) is 2.36. The average molecular weight is 363 g/mol. The van der Waals surface area contributed by atoms with Gasteiger partial charge in [-0.05, 0) is 30.7 Å². The molecule has 0 aliphatic carbocycles. The summed E-state index contributed by atoms with van der Waals surface area (Å²) in [6.07, 6.45) is 0. The van der Waals surface area contributed by atoms with Gasteiger partial charge in [0.15, 0.2) is 6.61 Å². The fraction of sp³-hybridized carbons (Fsp3) is 0.176. The summed E-state index contributed by atoms with van der Waals surface area (Å²) in [7, 11) is 0. The number of nitrogens with zero attached hydrogens (tertiary/aromatic N) is 1. The van der Waals surface area contributed by atoms with Crippen molar-refractivity contribution in [3.8, 4) is 0 Å². The van der Waals surface area contributed by atoms with Crippen molar-refractivity contribution in [3.05, 3.63) is 74.3 Å². The molecule has 1 N–H and O–H groups in total. The highest BCUT2D eigenvalue weighted by atomic mass is 35.5. The summed E-state index contributed by atoms with van der Waals surface area (Å²) in [6, 6.07) is 11.1. The molecule has 2 aromatic carbocycles. The van der Waals surface area contributed by atoms with Gasteiger partial charge in [0, 0.05) is 23.2 Å². The zero-order chi connectivity index (χ0) is 18.4. The quantitative estimate of drug-likeness (QED) is 0.483. The van der Waals surface area contributed by atoms with Crippen LogP contribution in [0.1, 0.15) is 21.5 Å². The van der Waals surface area contributed by atoms with Crippen LogP contribution in [0.25, 0.3) is 0 Å². The number of amides is 1. The first-order valence-electron chi connectivity index (χ1n) is 7.30. The summed E-state index contributed by atoms with van der Waals surface area (Å²) in [5, 5.41) is 14.0. The van der Waals surface area contributed by atoms with Crippen LogP contribution < -0.4 is 5.32 Å². The number of rotatable bonds is 6. The van der Waals surface area contributed by atoms with Crippen LogP contribution in [0, 0.1) is 17.0 Å². The molecule has 25 heavy (non-hydrogen) atoms. The van der Waals surface area contributed by atoms with E-state index in [4.69, 9.17) is 16.3 Å². The lowest BCUT2D eigenvalue weighted by molar-refractivity contribution is -0.385. The molecule has 0 saturated heterocycles. The second-order valence-corrected chi connectivity index (χ2v) is 5.63. The highest BCUT2D eigenvalue weighted by Gasteiger charge is 2.19. The van der Waals surface area contributed by atoms with Crippen LogP contribution in [0.15, 0.2) is 42.5 Å². The van der Waals surface area contributed by atoms with E-state index in [0.717, 1.165) is 5.56 Å². The molecule has 0 aliphatic heterocycles. The summed E-state index contributed by atoms with van der Waals surface area (Å²) in [5.41, 5.74) is 0.871. The largest absolute Gasteiger partial charge is 0.452 e. The van der Waals surface area contributed by atoms with Crippen molar-refractivity contribution >= 4 is 29.2 Å². The van der Waals surface area contributed by atoms with Crippen LogP contribution in [0.2, 0.25) is 5.02 Å². The molecule has 7 nitrogen and oxygen atoms in total. The third kappa shape index (κ3) is 5.02. The molecule has 0 aromatic heterocycles. The Morgan fingerprint density at radius 2 is 1.96 bits per heavy atom. The predicted octanol–water partition coefficient (Wildman–Crippen LogP) is 3.03. The van der Waals surface area contributed by atoms with Crippen LogP contribution in [0.4, 0.5) is 5.69 Å². The van der Waals surface area contributed by atoms with Crippen molar-refractivity contribution in [3.63, 3.8) is 0 Å². The number of esters is 1. The highest BCUT2D eigenvalue weighted by Crippen LogP contribution is 2.21. The van der Waals surface area contributed by atoms with E-state index in [1.807, 2.05) is 0 Å². The summed E-state index contributed by atoms with van der Waals surface area (Å²) in [4.78, 5) is 34.1. The summed E-state index contributed by atoms with van der Waals surface area (Å²) < 4.78 is 4.92. The molecule has 2 rings (SSSR count). The molecule has 0 atom stereocenters. The van der Waals surface area contributed by atoms with Crippen molar-refractivity contribution in [1.82, 2.24) is 5.32 Å². The van der Waals surface area contributed by atoms with Crippen molar-refractivity contribution < 1.29 is 19.2 Å². The molecule has 0 unspecified atom stereocenters. The first-order chi connectivity index (χ1) is 11.9. The number of halogens is 1. The third-order valence-corrected chi connectivity index (χ3v) is 3.67. The molecule has 130 valence electrons. The smallest absolute Gasteiger partial charge is 0.339 e. The van der Waals surface area contributed by atoms with Gasteiger partial charge in [-0.25, -0.2) is 4.79 Å². The summed E-state index contributed by atoms with van der Waals surface area (Å²) in [5.74, 6) is -1.28. The summed E-state index contributed by atoms with van der Waals surface area (Å²) in [6.45, 7) is 1.21. The van der Waals surface area contributed by atoms with Gasteiger partial charge in [0.25, 0.3) is 11.6 Å². The van der Waals surface area contributed by atoms with E-state index in [-0.39, 0.29) is 23.4 Å². The molecule has 1 amide bonds. The monoisotopic (exact) mass is 362 g/mol. The van der Waals surface area contributed by atoms with E-state index in [2.05, 4.69) is 5.32 Å². The van der Waals surface area contributed by atoms with Gasteiger partial charge < -0.3 is 10.1 Å². The minimum absolute atomic E-state index is 0.0526. The molecule has 0 bridgehead atoms. The Balaban J connectivity index is 1.90. The Morgan fingerprint density at radius 3 is 2.64 bits per heavy atom. The van der Waals surface area contributed by atoms with Crippen LogP contribution >= 0.6 is 11.6 Å². The number of carbonyl (C=O) groups excluding carboxylic acids is 2. The third-order valence-electron chi connectivity index (χ3n) is 3.43. The number of nitro benzene ring substituents is 1. The molecule has 0 radical (unpaired) electrons. The SMILES string of the molecule is Cc1c(C(=O)OCC(=O)NCc2cccc(Cl)c2)cccc1[N+](=O)[O-]. The number of carbonyl (C=O) groups is 2. The second-order valence-electron chi connectivity index (χ2n) is 5.19. The maximum absolute atomic E-state index is 12.0. The van der Waals surface area contributed by atoms with E-state index in [1.54, 1.807) is 24.3 Å². The van der Waals surface area contributed by atoms with Gasteiger partial charge in [-0.15, -0.1) is 0 Å². The maximum Gasteiger partial charge on any atom is 0.339 e. The Labute approximate surface area is 148 Å². The van der Waals surface area contributed by atoms with Crippen LogP contribution in [0.3, 0.4) is 0 Å². The van der Waals surface area contributed by atoms with Crippen molar-refractivity contribution in [1.29, 1.82) is 0 Å². The second kappa shape index (κ2) is 8.25. The van der Waals surface area contributed by atoms with E-state index < -0.39 is 23.4 Å². The first kappa shape index (κ1) is 18.4. The maximum atomic E-state index is 12.0. The standard InChI is InChI=1S/C17H15ClN2O5/c1-11-14(6-3-7-15(11)20(23)24)17(22)25-10-16(21)19-9-12-4-2-5-13(18)8-12/h2-8H,9-10H2,1H3,(H,19,21). The molecule has 0 fully saturated rings. The lowest BCUT2D eigenvalue weighted by Gasteiger charge is -2.08. The Morgan fingerprint density at radius 1 is 1.24 bits per heavy atom. The van der Waals surface area contributed by atoms with E-state index >= 15 is 0 Å². The van der Waals surface area contributed by atoms with Gasteiger partial charge in [0.1, 0.15) is 0 Å². The molecule has 0 spiro atoms. The molecule has 0 saturated carbocycles. The highest BCUT2D eigenvalue weighted by molar-refractivity contribution is 6.30. The van der Waals surface area contributed by atoms with Gasteiger partial charge in [-0.3, -0.25) is 14.9 Å². The lowest BCUT2D eigenvalue weighted by Crippen LogP contribution is -2.28. The molecule has 0 aliphatic rings. The van der Waals surface area contributed by atoms with Gasteiger partial charge in [0.2, 0.25) is 0 Å².